The summed E-state index contributed by atoms with van der Waals surface area (Å²) >= 11 is 11.9. The molecule has 1 fully saturated rings. The van der Waals surface area contributed by atoms with E-state index in [9.17, 15) is 8.42 Å². The zero-order valence-corrected chi connectivity index (χ0v) is 14.6. The Bertz CT molecular complexity index is 604. The average Bonchev–Trinajstić information content (AvgIpc) is 2.49. The summed E-state index contributed by atoms with van der Waals surface area (Å²) in [6, 6.07) is 4.55. The highest BCUT2D eigenvalue weighted by molar-refractivity contribution is 7.92. The van der Waals surface area contributed by atoms with Crippen LogP contribution in [0.4, 0.5) is 0 Å². The van der Waals surface area contributed by atoms with Crippen LogP contribution in [0.1, 0.15) is 32.6 Å². The van der Waals surface area contributed by atoms with Crippen LogP contribution < -0.4 is 5.32 Å². The van der Waals surface area contributed by atoms with E-state index < -0.39 is 15.1 Å². The lowest BCUT2D eigenvalue weighted by Gasteiger charge is -2.35. The second-order valence-corrected chi connectivity index (χ2v) is 8.62. The Morgan fingerprint density at radius 3 is 2.52 bits per heavy atom. The van der Waals surface area contributed by atoms with Crippen molar-refractivity contribution in [1.29, 1.82) is 0 Å². The second kappa shape index (κ2) is 6.86. The molecule has 1 aromatic rings. The fraction of sp³-hybridized carbons (Fsp3) is 0.600. The number of hydrogen-bond acceptors (Lipinski definition) is 3. The molecule has 2 rings (SSSR count). The minimum Gasteiger partial charge on any atom is -0.316 e. The Labute approximate surface area is 136 Å². The van der Waals surface area contributed by atoms with Gasteiger partial charge >= 0.3 is 0 Å². The van der Waals surface area contributed by atoms with Crippen LogP contribution in [0.25, 0.3) is 0 Å². The smallest absolute Gasteiger partial charge is 0.182 e. The Balaban J connectivity index is 2.37. The molecule has 21 heavy (non-hydrogen) atoms. The molecule has 6 heteroatoms. The van der Waals surface area contributed by atoms with Gasteiger partial charge in [0, 0.05) is 6.04 Å². The maximum atomic E-state index is 12.9. The van der Waals surface area contributed by atoms with Crippen LogP contribution in [0, 0.1) is 5.92 Å². The monoisotopic (exact) mass is 349 g/mol. The number of sulfone groups is 1. The van der Waals surface area contributed by atoms with Gasteiger partial charge in [-0.1, -0.05) is 36.5 Å². The highest BCUT2D eigenvalue weighted by atomic mass is 35.5. The molecule has 1 saturated carbocycles. The summed E-state index contributed by atoms with van der Waals surface area (Å²) in [5.74, 6) is 0.470. The van der Waals surface area contributed by atoms with E-state index in [0.29, 0.717) is 17.4 Å². The molecule has 0 amide bonds. The van der Waals surface area contributed by atoms with Gasteiger partial charge in [0.1, 0.15) is 0 Å². The fourth-order valence-corrected chi connectivity index (χ4v) is 5.57. The first kappa shape index (κ1) is 17.1. The van der Waals surface area contributed by atoms with Crippen LogP contribution in [0.2, 0.25) is 10.0 Å². The molecule has 0 saturated heterocycles. The predicted molar refractivity (Wildman–Crippen MR) is 87.9 cm³/mol. The van der Waals surface area contributed by atoms with E-state index >= 15 is 0 Å². The topological polar surface area (TPSA) is 46.2 Å². The van der Waals surface area contributed by atoms with E-state index in [1.165, 1.54) is 6.07 Å². The zero-order valence-electron chi connectivity index (χ0n) is 12.3. The molecule has 1 aliphatic rings. The lowest BCUT2D eigenvalue weighted by Crippen LogP contribution is -2.46. The van der Waals surface area contributed by atoms with Crippen LogP contribution in [0.3, 0.4) is 0 Å². The summed E-state index contributed by atoms with van der Waals surface area (Å²) in [5, 5.41) is 3.41. The summed E-state index contributed by atoms with van der Waals surface area (Å²) < 4.78 is 25.9. The molecule has 1 aromatic carbocycles. The Morgan fingerprint density at radius 2 is 1.95 bits per heavy atom. The number of benzene rings is 1. The van der Waals surface area contributed by atoms with Gasteiger partial charge in [0.15, 0.2) is 9.84 Å². The predicted octanol–water partition coefficient (Wildman–Crippen LogP) is 3.93. The van der Waals surface area contributed by atoms with Gasteiger partial charge < -0.3 is 5.32 Å². The molecule has 3 unspecified atom stereocenters. The van der Waals surface area contributed by atoms with E-state index in [4.69, 9.17) is 23.2 Å². The van der Waals surface area contributed by atoms with Crippen LogP contribution >= 0.6 is 23.2 Å². The Morgan fingerprint density at radius 1 is 1.24 bits per heavy atom. The third-order valence-corrected chi connectivity index (χ3v) is 7.43. The highest BCUT2D eigenvalue weighted by Gasteiger charge is 2.38. The van der Waals surface area contributed by atoms with Crippen LogP contribution in [0.15, 0.2) is 23.1 Å². The van der Waals surface area contributed by atoms with Crippen molar-refractivity contribution >= 4 is 33.0 Å². The zero-order chi connectivity index (χ0) is 15.6. The first-order valence-electron chi connectivity index (χ1n) is 7.26. The van der Waals surface area contributed by atoms with Crippen LogP contribution in [0.5, 0.6) is 0 Å². The lowest BCUT2D eigenvalue weighted by molar-refractivity contribution is 0.296. The summed E-state index contributed by atoms with van der Waals surface area (Å²) in [6.07, 6.45) is 3.68. The minimum atomic E-state index is -3.41. The van der Waals surface area contributed by atoms with Gasteiger partial charge in [-0.25, -0.2) is 8.42 Å². The molecule has 0 spiro atoms. The third kappa shape index (κ3) is 3.55. The van der Waals surface area contributed by atoms with E-state index in [-0.39, 0.29) is 16.0 Å². The summed E-state index contributed by atoms with van der Waals surface area (Å²) in [4.78, 5) is 0.263. The molecule has 0 aliphatic heterocycles. The molecule has 1 aliphatic carbocycles. The number of nitrogens with one attached hydrogen (secondary N) is 1. The van der Waals surface area contributed by atoms with Gasteiger partial charge in [0.25, 0.3) is 0 Å². The molecule has 0 bridgehead atoms. The van der Waals surface area contributed by atoms with E-state index in [0.717, 1.165) is 19.3 Å². The van der Waals surface area contributed by atoms with Crippen molar-refractivity contribution in [3.8, 4) is 0 Å². The normalized spacial score (nSPS) is 26.8. The van der Waals surface area contributed by atoms with Gasteiger partial charge in [-0.3, -0.25) is 0 Å². The fourth-order valence-electron chi connectivity index (χ4n) is 3.08. The summed E-state index contributed by atoms with van der Waals surface area (Å²) in [5.41, 5.74) is 0. The van der Waals surface area contributed by atoms with Gasteiger partial charge in [-0.05, 0) is 50.4 Å². The van der Waals surface area contributed by atoms with Gasteiger partial charge in [-0.15, -0.1) is 0 Å². The second-order valence-electron chi connectivity index (χ2n) is 5.64. The quantitative estimate of drug-likeness (QED) is 0.895. The first-order valence-corrected chi connectivity index (χ1v) is 9.56. The molecule has 1 N–H and O–H groups in total. The molecular weight excluding hydrogens is 329 g/mol. The SMILES string of the molecule is CCC1CCC(NC)C(S(=O)(=O)c2ccc(Cl)c(Cl)c2)C1. The molecule has 118 valence electrons. The maximum absolute atomic E-state index is 12.9. The number of halogens is 2. The third-order valence-electron chi connectivity index (χ3n) is 4.47. The number of rotatable bonds is 4. The molecule has 0 radical (unpaired) electrons. The Hall–Kier alpha value is -0.290. The van der Waals surface area contributed by atoms with Crippen molar-refractivity contribution in [2.24, 2.45) is 5.92 Å². The van der Waals surface area contributed by atoms with Crippen molar-refractivity contribution in [1.82, 2.24) is 5.32 Å². The average molecular weight is 350 g/mol. The van der Waals surface area contributed by atoms with Gasteiger partial charge in [0.05, 0.1) is 20.2 Å². The Kier molecular flexibility index (Phi) is 5.58. The molecule has 3 atom stereocenters. The minimum absolute atomic E-state index is 0.00717. The van der Waals surface area contributed by atoms with Crippen molar-refractivity contribution in [3.05, 3.63) is 28.2 Å². The molecular formula is C15H21Cl2NO2S. The highest BCUT2D eigenvalue weighted by Crippen LogP contribution is 2.35. The standard InChI is InChI=1S/C15H21Cl2NO2S/c1-3-10-4-7-14(18-2)15(8-10)21(19,20)11-5-6-12(16)13(17)9-11/h5-6,9-10,14-15,18H,3-4,7-8H2,1-2H3. The molecule has 0 heterocycles. The summed E-state index contributed by atoms with van der Waals surface area (Å²) in [6.45, 7) is 2.12. The number of hydrogen-bond donors (Lipinski definition) is 1. The first-order chi connectivity index (χ1) is 9.90. The molecule has 0 aromatic heterocycles. The molecule has 3 nitrogen and oxygen atoms in total. The van der Waals surface area contributed by atoms with E-state index in [2.05, 4.69) is 12.2 Å². The van der Waals surface area contributed by atoms with Crippen LogP contribution in [-0.4, -0.2) is 26.8 Å². The van der Waals surface area contributed by atoms with Gasteiger partial charge in [-0.2, -0.15) is 0 Å². The van der Waals surface area contributed by atoms with E-state index in [1.54, 1.807) is 12.1 Å². The van der Waals surface area contributed by atoms with Crippen molar-refractivity contribution in [3.63, 3.8) is 0 Å². The van der Waals surface area contributed by atoms with Crippen molar-refractivity contribution < 1.29 is 8.42 Å². The largest absolute Gasteiger partial charge is 0.316 e. The summed E-state index contributed by atoms with van der Waals surface area (Å²) in [7, 11) is -1.58. The van der Waals surface area contributed by atoms with Crippen molar-refractivity contribution in [2.45, 2.75) is 48.8 Å². The maximum Gasteiger partial charge on any atom is 0.182 e. The lowest BCUT2D eigenvalue weighted by atomic mass is 9.84. The van der Waals surface area contributed by atoms with Crippen molar-refractivity contribution in [2.75, 3.05) is 7.05 Å². The van der Waals surface area contributed by atoms with E-state index in [1.807, 2.05) is 7.05 Å². The van der Waals surface area contributed by atoms with Crippen LogP contribution in [-0.2, 0) is 9.84 Å². The van der Waals surface area contributed by atoms with Gasteiger partial charge in [0.2, 0.25) is 0 Å².